The smallest absolute Gasteiger partial charge is 0.257 e. The van der Waals surface area contributed by atoms with Crippen molar-refractivity contribution < 1.29 is 19.4 Å². The summed E-state index contributed by atoms with van der Waals surface area (Å²) in [6, 6.07) is 4.83. The zero-order valence-corrected chi connectivity index (χ0v) is 15.6. The molecule has 3 aliphatic rings. The van der Waals surface area contributed by atoms with Gasteiger partial charge in [0.15, 0.2) is 0 Å². The van der Waals surface area contributed by atoms with Gasteiger partial charge in [-0.15, -0.1) is 0 Å². The molecule has 7 nitrogen and oxygen atoms in total. The molecule has 0 spiro atoms. The van der Waals surface area contributed by atoms with E-state index in [0.717, 1.165) is 19.4 Å². The van der Waals surface area contributed by atoms with E-state index in [1.165, 1.54) is 13.2 Å². The number of phenols is 1. The van der Waals surface area contributed by atoms with Crippen LogP contribution in [0.15, 0.2) is 18.2 Å². The maximum Gasteiger partial charge on any atom is 0.257 e. The molecule has 3 heterocycles. The van der Waals surface area contributed by atoms with Crippen molar-refractivity contribution in [3.05, 3.63) is 23.8 Å². The quantitative estimate of drug-likeness (QED) is 0.867. The van der Waals surface area contributed by atoms with Crippen LogP contribution in [-0.4, -0.2) is 85.0 Å². The average molecular weight is 361 g/mol. The lowest BCUT2D eigenvalue weighted by Gasteiger charge is -2.36. The van der Waals surface area contributed by atoms with Crippen molar-refractivity contribution in [1.29, 1.82) is 0 Å². The Morgan fingerprint density at radius 3 is 2.65 bits per heavy atom. The minimum atomic E-state index is -0.152. The number of aromatic hydroxyl groups is 1. The SMILES string of the molecule is COc1ccc(C(=O)N2CC3CCC2CN(CC(=O)N(C)C)C3)c(O)c1. The number of piperidine rings is 1. The van der Waals surface area contributed by atoms with E-state index in [4.69, 9.17) is 4.74 Å². The number of benzene rings is 1. The zero-order valence-electron chi connectivity index (χ0n) is 15.6. The largest absolute Gasteiger partial charge is 0.507 e. The first-order chi connectivity index (χ1) is 12.4. The maximum atomic E-state index is 13.0. The van der Waals surface area contributed by atoms with Gasteiger partial charge in [-0.25, -0.2) is 0 Å². The van der Waals surface area contributed by atoms with Gasteiger partial charge in [0.1, 0.15) is 11.5 Å². The lowest BCUT2D eigenvalue weighted by molar-refractivity contribution is -0.129. The molecule has 142 valence electrons. The van der Waals surface area contributed by atoms with E-state index in [1.54, 1.807) is 31.1 Å². The second kappa shape index (κ2) is 7.53. The van der Waals surface area contributed by atoms with Crippen LogP contribution in [0.25, 0.3) is 0 Å². The Balaban J connectivity index is 1.75. The first-order valence-corrected chi connectivity index (χ1v) is 8.99. The fourth-order valence-electron chi connectivity index (χ4n) is 3.86. The highest BCUT2D eigenvalue weighted by atomic mass is 16.5. The third kappa shape index (κ3) is 3.77. The first-order valence-electron chi connectivity index (χ1n) is 8.99. The Bertz CT molecular complexity index is 691. The third-order valence-electron chi connectivity index (χ3n) is 5.34. The van der Waals surface area contributed by atoms with Gasteiger partial charge in [0.2, 0.25) is 5.91 Å². The van der Waals surface area contributed by atoms with E-state index >= 15 is 0 Å². The molecular weight excluding hydrogens is 334 g/mol. The summed E-state index contributed by atoms with van der Waals surface area (Å²) < 4.78 is 5.09. The van der Waals surface area contributed by atoms with Gasteiger partial charge in [-0.05, 0) is 30.9 Å². The van der Waals surface area contributed by atoms with Crippen LogP contribution in [0.5, 0.6) is 11.5 Å². The van der Waals surface area contributed by atoms with Gasteiger partial charge in [-0.3, -0.25) is 14.5 Å². The number of methoxy groups -OCH3 is 1. The molecule has 4 rings (SSSR count). The summed E-state index contributed by atoms with van der Waals surface area (Å²) in [5.74, 6) is 0.740. The number of fused-ring (bicyclic) bond motifs is 4. The molecule has 0 aromatic heterocycles. The Kier molecular flexibility index (Phi) is 5.36. The van der Waals surface area contributed by atoms with Crippen molar-refractivity contribution in [2.75, 3.05) is 47.4 Å². The number of carbonyl (C=O) groups is 2. The van der Waals surface area contributed by atoms with Crippen molar-refractivity contribution in [2.24, 2.45) is 5.92 Å². The highest BCUT2D eigenvalue weighted by Gasteiger charge is 2.38. The van der Waals surface area contributed by atoms with E-state index in [9.17, 15) is 14.7 Å². The number of hydrogen-bond donors (Lipinski definition) is 1. The van der Waals surface area contributed by atoms with Gasteiger partial charge in [0.05, 0.1) is 19.2 Å². The van der Waals surface area contributed by atoms with Gasteiger partial charge in [0, 0.05) is 45.8 Å². The van der Waals surface area contributed by atoms with Crippen molar-refractivity contribution in [2.45, 2.75) is 18.9 Å². The molecular formula is C19H27N3O4. The van der Waals surface area contributed by atoms with Crippen LogP contribution in [0.4, 0.5) is 0 Å². The minimum absolute atomic E-state index is 0.0610. The van der Waals surface area contributed by atoms with Crippen LogP contribution in [0.1, 0.15) is 23.2 Å². The second-order valence-electron chi connectivity index (χ2n) is 7.42. The summed E-state index contributed by atoms with van der Waals surface area (Å²) in [5.41, 5.74) is 0.300. The molecule has 26 heavy (non-hydrogen) atoms. The number of rotatable bonds is 4. The van der Waals surface area contributed by atoms with Gasteiger partial charge >= 0.3 is 0 Å². The number of hydrogen-bond acceptors (Lipinski definition) is 5. The van der Waals surface area contributed by atoms with Crippen LogP contribution in [0, 0.1) is 5.92 Å². The normalized spacial score (nSPS) is 22.8. The van der Waals surface area contributed by atoms with E-state index < -0.39 is 0 Å². The monoisotopic (exact) mass is 361 g/mol. The molecule has 2 atom stereocenters. The summed E-state index contributed by atoms with van der Waals surface area (Å²) in [7, 11) is 5.04. The number of phenolic OH excluding ortho intramolecular Hbond substituents is 1. The molecule has 2 bridgehead atoms. The molecule has 3 saturated heterocycles. The molecule has 3 fully saturated rings. The fraction of sp³-hybridized carbons (Fsp3) is 0.579. The number of likely N-dealkylation sites (N-methyl/N-ethyl adjacent to an activating group) is 1. The first kappa shape index (κ1) is 18.5. The van der Waals surface area contributed by atoms with Gasteiger partial charge in [0.25, 0.3) is 5.91 Å². The number of carbonyl (C=O) groups excluding carboxylic acids is 2. The summed E-state index contributed by atoms with van der Waals surface area (Å²) in [6.45, 7) is 2.57. The molecule has 3 aliphatic heterocycles. The summed E-state index contributed by atoms with van der Waals surface area (Å²) >= 11 is 0. The maximum absolute atomic E-state index is 13.0. The summed E-state index contributed by atoms with van der Waals surface area (Å²) in [6.07, 6.45) is 2.00. The van der Waals surface area contributed by atoms with Gasteiger partial charge < -0.3 is 19.6 Å². The molecule has 2 unspecified atom stereocenters. The number of amides is 2. The van der Waals surface area contributed by atoms with Crippen LogP contribution < -0.4 is 4.74 Å². The van der Waals surface area contributed by atoms with E-state index in [2.05, 4.69) is 4.90 Å². The minimum Gasteiger partial charge on any atom is -0.507 e. The van der Waals surface area contributed by atoms with Crippen molar-refractivity contribution in [1.82, 2.24) is 14.7 Å². The molecule has 0 saturated carbocycles. The summed E-state index contributed by atoms with van der Waals surface area (Å²) in [5, 5.41) is 10.2. The predicted octanol–water partition coefficient (Wildman–Crippen LogP) is 1.03. The molecule has 1 aromatic carbocycles. The molecule has 2 amide bonds. The van der Waals surface area contributed by atoms with E-state index in [1.807, 2.05) is 4.90 Å². The van der Waals surface area contributed by atoms with Crippen molar-refractivity contribution in [3.8, 4) is 11.5 Å². The van der Waals surface area contributed by atoms with E-state index in [-0.39, 0.29) is 23.6 Å². The Labute approximate surface area is 154 Å². The average Bonchev–Trinajstić information content (AvgIpc) is 2.91. The van der Waals surface area contributed by atoms with Crippen LogP contribution in [-0.2, 0) is 4.79 Å². The molecule has 0 radical (unpaired) electrons. The van der Waals surface area contributed by atoms with Gasteiger partial charge in [-0.2, -0.15) is 0 Å². The van der Waals surface area contributed by atoms with Crippen LogP contribution in [0.2, 0.25) is 0 Å². The highest BCUT2D eigenvalue weighted by molar-refractivity contribution is 5.97. The number of nitrogens with zero attached hydrogens (tertiary/aromatic N) is 3. The summed E-state index contributed by atoms with van der Waals surface area (Å²) in [4.78, 5) is 30.7. The molecule has 7 heteroatoms. The molecule has 1 aromatic rings. The lowest BCUT2D eigenvalue weighted by Crippen LogP contribution is -2.47. The second-order valence-corrected chi connectivity index (χ2v) is 7.42. The fourth-order valence-corrected chi connectivity index (χ4v) is 3.86. The molecule has 1 N–H and O–H groups in total. The predicted molar refractivity (Wildman–Crippen MR) is 97.3 cm³/mol. The Morgan fingerprint density at radius 2 is 2.00 bits per heavy atom. The van der Waals surface area contributed by atoms with E-state index in [0.29, 0.717) is 36.9 Å². The Hall–Kier alpha value is -2.28. The van der Waals surface area contributed by atoms with Gasteiger partial charge in [-0.1, -0.05) is 0 Å². The Morgan fingerprint density at radius 1 is 1.23 bits per heavy atom. The third-order valence-corrected chi connectivity index (χ3v) is 5.34. The number of ether oxygens (including phenoxy) is 1. The lowest BCUT2D eigenvalue weighted by atomic mass is 9.94. The standard InChI is InChI=1S/C19H27N3O4/c1-20(2)18(24)12-21-9-13-4-5-14(11-21)22(10-13)19(25)16-7-6-15(26-3)8-17(16)23/h6-8,13-14,23H,4-5,9-12H2,1-3H3. The highest BCUT2D eigenvalue weighted by Crippen LogP contribution is 2.31. The topological polar surface area (TPSA) is 73.3 Å². The van der Waals surface area contributed by atoms with Crippen molar-refractivity contribution >= 4 is 11.8 Å². The van der Waals surface area contributed by atoms with Crippen LogP contribution in [0.3, 0.4) is 0 Å². The van der Waals surface area contributed by atoms with Crippen LogP contribution >= 0.6 is 0 Å². The zero-order chi connectivity index (χ0) is 18.8. The van der Waals surface area contributed by atoms with Crippen molar-refractivity contribution in [3.63, 3.8) is 0 Å². The molecule has 0 aliphatic carbocycles.